The SMILES string of the molecule is Cc1c(Cl)c(=O)oc2cc(O[C]=O)ccc12. The van der Waals surface area contributed by atoms with Gasteiger partial charge in [0.25, 0.3) is 0 Å². The molecule has 2 aromatic rings. The van der Waals surface area contributed by atoms with Gasteiger partial charge < -0.3 is 9.15 Å². The molecule has 1 aromatic carbocycles. The Bertz CT molecular complexity index is 615. The van der Waals surface area contributed by atoms with Crippen LogP contribution in [0.3, 0.4) is 0 Å². The first-order valence-electron chi connectivity index (χ1n) is 4.40. The second-order valence-corrected chi connectivity index (χ2v) is 3.55. The first-order chi connectivity index (χ1) is 7.63. The highest BCUT2D eigenvalue weighted by Crippen LogP contribution is 2.25. The van der Waals surface area contributed by atoms with Crippen LogP contribution in [0.1, 0.15) is 5.56 Å². The Kier molecular flexibility index (Phi) is 2.66. The van der Waals surface area contributed by atoms with E-state index >= 15 is 0 Å². The fourth-order valence-corrected chi connectivity index (χ4v) is 1.56. The summed E-state index contributed by atoms with van der Waals surface area (Å²) in [6, 6.07) is 4.66. The number of ether oxygens (including phenoxy) is 1. The van der Waals surface area contributed by atoms with Crippen LogP contribution in [0.5, 0.6) is 5.75 Å². The Hall–Kier alpha value is -1.81. The largest absolute Gasteiger partial charge is 0.423 e. The molecule has 0 unspecified atom stereocenters. The summed E-state index contributed by atoms with van der Waals surface area (Å²) in [6.07, 6.45) is 0. The van der Waals surface area contributed by atoms with E-state index in [0.717, 1.165) is 0 Å². The number of carbonyl (C=O) groups excluding carboxylic acids is 1. The van der Waals surface area contributed by atoms with Gasteiger partial charge in [-0.1, -0.05) is 11.6 Å². The number of hydrogen-bond acceptors (Lipinski definition) is 4. The van der Waals surface area contributed by atoms with Crippen molar-refractivity contribution in [2.24, 2.45) is 0 Å². The summed E-state index contributed by atoms with van der Waals surface area (Å²) in [5, 5.41) is 0.756. The van der Waals surface area contributed by atoms with E-state index in [1.807, 2.05) is 0 Å². The highest BCUT2D eigenvalue weighted by atomic mass is 35.5. The van der Waals surface area contributed by atoms with Gasteiger partial charge in [0, 0.05) is 11.5 Å². The van der Waals surface area contributed by atoms with E-state index in [0.29, 0.717) is 16.5 Å². The molecule has 0 N–H and O–H groups in total. The zero-order valence-electron chi connectivity index (χ0n) is 8.24. The Morgan fingerprint density at radius 3 is 2.88 bits per heavy atom. The maximum Gasteiger partial charge on any atom is 0.423 e. The van der Waals surface area contributed by atoms with E-state index in [4.69, 9.17) is 16.0 Å². The summed E-state index contributed by atoms with van der Waals surface area (Å²) >= 11 is 5.76. The molecule has 0 aliphatic carbocycles. The number of rotatable bonds is 2. The van der Waals surface area contributed by atoms with Gasteiger partial charge in [-0.05, 0) is 24.6 Å². The molecule has 0 saturated heterocycles. The van der Waals surface area contributed by atoms with E-state index in [9.17, 15) is 9.59 Å². The molecule has 81 valence electrons. The third-order valence-corrected chi connectivity index (χ3v) is 2.67. The molecule has 0 spiro atoms. The second kappa shape index (κ2) is 3.98. The molecule has 0 amide bonds. The number of hydrogen-bond donors (Lipinski definition) is 0. The van der Waals surface area contributed by atoms with Crippen LogP contribution in [-0.4, -0.2) is 6.47 Å². The molecule has 0 aliphatic heterocycles. The second-order valence-electron chi connectivity index (χ2n) is 3.17. The maximum atomic E-state index is 11.3. The lowest BCUT2D eigenvalue weighted by atomic mass is 10.1. The average molecular weight is 238 g/mol. The van der Waals surface area contributed by atoms with Crippen LogP contribution in [0.4, 0.5) is 0 Å². The molecule has 1 aromatic heterocycles. The summed E-state index contributed by atoms with van der Waals surface area (Å²) < 4.78 is 9.49. The number of aryl methyl sites for hydroxylation is 1. The van der Waals surface area contributed by atoms with Crippen LogP contribution in [0.2, 0.25) is 5.02 Å². The number of fused-ring (bicyclic) bond motifs is 1. The van der Waals surface area contributed by atoms with Crippen LogP contribution >= 0.6 is 11.6 Å². The van der Waals surface area contributed by atoms with E-state index in [2.05, 4.69) is 4.74 Å². The summed E-state index contributed by atoms with van der Waals surface area (Å²) in [6.45, 7) is 3.01. The molecule has 1 heterocycles. The van der Waals surface area contributed by atoms with Crippen molar-refractivity contribution in [3.05, 3.63) is 39.2 Å². The summed E-state index contributed by atoms with van der Waals surface area (Å²) in [5.74, 6) is 0.257. The fraction of sp³-hybridized carbons (Fsp3) is 0.0909. The quantitative estimate of drug-likeness (QED) is 0.752. The molecule has 0 fully saturated rings. The molecule has 4 nitrogen and oxygen atoms in total. The number of halogens is 1. The van der Waals surface area contributed by atoms with Gasteiger partial charge >= 0.3 is 12.1 Å². The highest BCUT2D eigenvalue weighted by Gasteiger charge is 2.09. The van der Waals surface area contributed by atoms with Crippen molar-refractivity contribution >= 4 is 29.0 Å². The van der Waals surface area contributed by atoms with Crippen molar-refractivity contribution in [2.45, 2.75) is 6.92 Å². The molecule has 16 heavy (non-hydrogen) atoms. The topological polar surface area (TPSA) is 56.5 Å². The van der Waals surface area contributed by atoms with Crippen molar-refractivity contribution in [2.75, 3.05) is 0 Å². The van der Waals surface area contributed by atoms with Crippen molar-refractivity contribution < 1.29 is 13.9 Å². The summed E-state index contributed by atoms with van der Waals surface area (Å²) in [5.41, 5.74) is 0.341. The third kappa shape index (κ3) is 1.67. The predicted octanol–water partition coefficient (Wildman–Crippen LogP) is 2.20. The van der Waals surface area contributed by atoms with Gasteiger partial charge in [0.05, 0.1) is 0 Å². The van der Waals surface area contributed by atoms with Crippen LogP contribution < -0.4 is 10.4 Å². The molecule has 1 radical (unpaired) electrons. The molecule has 0 saturated carbocycles. The normalized spacial score (nSPS) is 10.4. The lowest BCUT2D eigenvalue weighted by Gasteiger charge is -2.03. The van der Waals surface area contributed by atoms with Gasteiger partial charge in [-0.25, -0.2) is 9.59 Å². The Balaban J connectivity index is 2.75. The first kappa shape index (κ1) is 10.7. The van der Waals surface area contributed by atoms with Gasteiger partial charge in [0.15, 0.2) is 0 Å². The first-order valence-corrected chi connectivity index (χ1v) is 4.78. The summed E-state index contributed by atoms with van der Waals surface area (Å²) in [4.78, 5) is 21.3. The zero-order valence-corrected chi connectivity index (χ0v) is 9.00. The fourth-order valence-electron chi connectivity index (χ4n) is 1.42. The Labute approximate surface area is 95.4 Å². The Morgan fingerprint density at radius 1 is 1.44 bits per heavy atom. The summed E-state index contributed by atoms with van der Waals surface area (Å²) in [7, 11) is 0. The van der Waals surface area contributed by atoms with Gasteiger partial charge in [-0.15, -0.1) is 0 Å². The third-order valence-electron chi connectivity index (χ3n) is 2.23. The van der Waals surface area contributed by atoms with Crippen LogP contribution in [0.25, 0.3) is 11.0 Å². The van der Waals surface area contributed by atoms with E-state index < -0.39 is 5.63 Å². The molecular weight excluding hydrogens is 232 g/mol. The minimum atomic E-state index is -0.612. The standard InChI is InChI=1S/C11H6ClO4/c1-6-8-3-2-7(15-5-13)4-9(8)16-11(14)10(6)12/h2-4H,1H3. The van der Waals surface area contributed by atoms with Gasteiger partial charge in [-0.3, -0.25) is 0 Å². The van der Waals surface area contributed by atoms with E-state index in [-0.39, 0.29) is 10.8 Å². The molecule has 0 bridgehead atoms. The van der Waals surface area contributed by atoms with Crippen molar-refractivity contribution in [1.29, 1.82) is 0 Å². The lowest BCUT2D eigenvalue weighted by molar-refractivity contribution is 0.442. The van der Waals surface area contributed by atoms with E-state index in [1.54, 1.807) is 19.1 Å². The minimum absolute atomic E-state index is 0.0584. The average Bonchev–Trinajstić information content (AvgIpc) is 2.26. The zero-order chi connectivity index (χ0) is 11.7. The maximum absolute atomic E-state index is 11.3. The smallest absolute Gasteiger partial charge is 0.421 e. The highest BCUT2D eigenvalue weighted by molar-refractivity contribution is 6.31. The van der Waals surface area contributed by atoms with Gasteiger partial charge in [0.1, 0.15) is 16.4 Å². The molecular formula is C11H6ClO4. The lowest BCUT2D eigenvalue weighted by Crippen LogP contribution is -2.01. The van der Waals surface area contributed by atoms with E-state index in [1.165, 1.54) is 12.5 Å². The number of benzene rings is 1. The molecule has 5 heteroatoms. The molecule has 2 rings (SSSR count). The van der Waals surface area contributed by atoms with Crippen LogP contribution in [0, 0.1) is 6.92 Å². The predicted molar refractivity (Wildman–Crippen MR) is 58.6 cm³/mol. The van der Waals surface area contributed by atoms with Crippen LogP contribution in [-0.2, 0) is 4.79 Å². The van der Waals surface area contributed by atoms with Gasteiger partial charge in [0.2, 0.25) is 0 Å². The monoisotopic (exact) mass is 237 g/mol. The van der Waals surface area contributed by atoms with Gasteiger partial charge in [-0.2, -0.15) is 0 Å². The minimum Gasteiger partial charge on any atom is -0.421 e. The van der Waals surface area contributed by atoms with Crippen molar-refractivity contribution in [3.63, 3.8) is 0 Å². The van der Waals surface area contributed by atoms with Crippen molar-refractivity contribution in [1.82, 2.24) is 0 Å². The van der Waals surface area contributed by atoms with Crippen LogP contribution in [0.15, 0.2) is 27.4 Å². The molecule has 0 atom stereocenters. The van der Waals surface area contributed by atoms with Crippen molar-refractivity contribution in [3.8, 4) is 5.75 Å². The Morgan fingerprint density at radius 2 is 2.19 bits per heavy atom. The molecule has 0 aliphatic rings.